The Balaban J connectivity index is 2.08. The number of aliphatic imine (C=N–C) groups is 1. The van der Waals surface area contributed by atoms with Gasteiger partial charge in [-0.1, -0.05) is 23.7 Å². The summed E-state index contributed by atoms with van der Waals surface area (Å²) in [5.74, 6) is 0.393. The topological polar surface area (TPSA) is 28.5 Å². The van der Waals surface area contributed by atoms with Crippen LogP contribution in [0.2, 0.25) is 5.02 Å². The van der Waals surface area contributed by atoms with Crippen LogP contribution in [0.15, 0.2) is 65.8 Å². The molecule has 2 heterocycles. The maximum absolute atomic E-state index is 14.4. The van der Waals surface area contributed by atoms with Crippen LogP contribution in [0.1, 0.15) is 11.1 Å². The van der Waals surface area contributed by atoms with Crippen LogP contribution in [0.4, 0.5) is 21.6 Å². The molecule has 1 aliphatic rings. The summed E-state index contributed by atoms with van der Waals surface area (Å²) in [5.41, 5.74) is 3.31. The molecule has 0 N–H and O–H groups in total. The first-order valence-electron chi connectivity index (χ1n) is 7.47. The van der Waals surface area contributed by atoms with Gasteiger partial charge in [-0.2, -0.15) is 0 Å². The number of fused-ring (bicyclic) bond motifs is 2. The lowest BCUT2D eigenvalue weighted by atomic mass is 10.00. The molecule has 0 unspecified atom stereocenters. The third-order valence-corrected chi connectivity index (χ3v) is 4.26. The van der Waals surface area contributed by atoms with Crippen LogP contribution in [-0.2, 0) is 0 Å². The summed E-state index contributed by atoms with van der Waals surface area (Å²) in [6, 6.07) is 15.8. The summed E-state index contributed by atoms with van der Waals surface area (Å²) in [6.45, 7) is 0. The van der Waals surface area contributed by atoms with E-state index in [0.717, 1.165) is 11.3 Å². The van der Waals surface area contributed by atoms with Crippen LogP contribution in [0, 0.1) is 5.82 Å². The number of rotatable bonds is 1. The van der Waals surface area contributed by atoms with Crippen molar-refractivity contribution in [2.45, 2.75) is 0 Å². The van der Waals surface area contributed by atoms with Gasteiger partial charge in [0.05, 0.1) is 11.4 Å². The first kappa shape index (κ1) is 14.8. The molecule has 3 nitrogen and oxygen atoms in total. The van der Waals surface area contributed by atoms with Crippen molar-refractivity contribution in [1.82, 2.24) is 4.98 Å². The van der Waals surface area contributed by atoms with Crippen LogP contribution in [0.5, 0.6) is 0 Å². The molecular formula is C19H13ClFN3. The average molecular weight is 338 g/mol. The molecule has 0 aliphatic carbocycles. The molecule has 0 saturated carbocycles. The van der Waals surface area contributed by atoms with E-state index < -0.39 is 0 Å². The van der Waals surface area contributed by atoms with Gasteiger partial charge in [-0.05, 0) is 42.5 Å². The predicted molar refractivity (Wildman–Crippen MR) is 95.5 cm³/mol. The minimum atomic E-state index is -0.322. The molecule has 1 aliphatic heterocycles. The molecule has 3 aromatic rings. The molecule has 4 rings (SSSR count). The van der Waals surface area contributed by atoms with Gasteiger partial charge in [0.25, 0.3) is 0 Å². The maximum atomic E-state index is 14.4. The Labute approximate surface area is 144 Å². The Morgan fingerprint density at radius 3 is 2.67 bits per heavy atom. The van der Waals surface area contributed by atoms with Gasteiger partial charge >= 0.3 is 0 Å². The molecule has 0 bridgehead atoms. The number of anilines is 2. The molecule has 5 heteroatoms. The van der Waals surface area contributed by atoms with Crippen LogP contribution < -0.4 is 4.90 Å². The summed E-state index contributed by atoms with van der Waals surface area (Å²) < 4.78 is 14.4. The first-order chi connectivity index (χ1) is 11.6. The van der Waals surface area contributed by atoms with Crippen molar-refractivity contribution in [3.63, 3.8) is 0 Å². The van der Waals surface area contributed by atoms with E-state index in [4.69, 9.17) is 16.6 Å². The molecule has 24 heavy (non-hydrogen) atoms. The second-order valence-corrected chi connectivity index (χ2v) is 5.94. The average Bonchev–Trinajstić information content (AvgIpc) is 2.71. The van der Waals surface area contributed by atoms with Gasteiger partial charge in [0.15, 0.2) is 5.82 Å². The second kappa shape index (κ2) is 5.73. The second-order valence-electron chi connectivity index (χ2n) is 5.51. The molecule has 0 amide bonds. The number of nitrogens with zero attached hydrogens (tertiary/aromatic N) is 3. The minimum absolute atomic E-state index is 0.322. The highest BCUT2D eigenvalue weighted by Gasteiger charge is 2.24. The Bertz CT molecular complexity index is 968. The first-order valence-corrected chi connectivity index (χ1v) is 7.85. The standard InChI is InChI=1S/C19H13ClFN3/c1-24-17-9-8-12(20)11-14(17)18(13-5-2-3-6-15(13)21)23-16-7-4-10-22-19(16)24/h2-11H,1H3. The van der Waals surface area contributed by atoms with Crippen molar-refractivity contribution < 1.29 is 4.39 Å². The lowest BCUT2D eigenvalue weighted by molar-refractivity contribution is 0.625. The van der Waals surface area contributed by atoms with Gasteiger partial charge in [-0.15, -0.1) is 0 Å². The fourth-order valence-corrected chi connectivity index (χ4v) is 3.05. The third kappa shape index (κ3) is 2.36. The molecule has 1 aromatic heterocycles. The highest BCUT2D eigenvalue weighted by atomic mass is 35.5. The van der Waals surface area contributed by atoms with Gasteiger partial charge in [0.1, 0.15) is 11.5 Å². The highest BCUT2D eigenvalue weighted by molar-refractivity contribution is 6.31. The van der Waals surface area contributed by atoms with E-state index in [0.29, 0.717) is 27.8 Å². The summed E-state index contributed by atoms with van der Waals surface area (Å²) >= 11 is 6.20. The monoisotopic (exact) mass is 337 g/mol. The Morgan fingerprint density at radius 2 is 1.83 bits per heavy atom. The van der Waals surface area contributed by atoms with Crippen LogP contribution >= 0.6 is 11.6 Å². The number of benzene rings is 2. The van der Waals surface area contributed by atoms with Gasteiger partial charge < -0.3 is 4.90 Å². The highest BCUT2D eigenvalue weighted by Crippen LogP contribution is 2.39. The molecule has 0 fully saturated rings. The molecule has 0 spiro atoms. The van der Waals surface area contributed by atoms with E-state index in [2.05, 4.69) is 4.98 Å². The normalized spacial score (nSPS) is 13.0. The summed E-state index contributed by atoms with van der Waals surface area (Å²) in [4.78, 5) is 11.1. The van der Waals surface area contributed by atoms with Crippen molar-refractivity contribution >= 4 is 34.5 Å². The van der Waals surface area contributed by atoms with Crippen LogP contribution in [-0.4, -0.2) is 17.7 Å². The van der Waals surface area contributed by atoms with Gasteiger partial charge in [0, 0.05) is 29.4 Å². The molecule has 0 saturated heterocycles. The van der Waals surface area contributed by atoms with Crippen molar-refractivity contribution in [3.05, 3.63) is 82.8 Å². The van der Waals surface area contributed by atoms with Crippen molar-refractivity contribution in [2.75, 3.05) is 11.9 Å². The maximum Gasteiger partial charge on any atom is 0.158 e. The molecule has 0 atom stereocenters. The fourth-order valence-electron chi connectivity index (χ4n) is 2.88. The van der Waals surface area contributed by atoms with Gasteiger partial charge in [-0.25, -0.2) is 14.4 Å². The fraction of sp³-hybridized carbons (Fsp3) is 0.0526. The van der Waals surface area contributed by atoms with Gasteiger partial charge in [-0.3, -0.25) is 0 Å². The number of hydrogen-bond donors (Lipinski definition) is 0. The smallest absolute Gasteiger partial charge is 0.158 e. The summed E-state index contributed by atoms with van der Waals surface area (Å²) in [7, 11) is 1.92. The third-order valence-electron chi connectivity index (χ3n) is 4.02. The van der Waals surface area contributed by atoms with E-state index in [1.165, 1.54) is 6.07 Å². The largest absolute Gasteiger partial charge is 0.327 e. The predicted octanol–water partition coefficient (Wildman–Crippen LogP) is 5.12. The van der Waals surface area contributed by atoms with Crippen molar-refractivity contribution in [3.8, 4) is 0 Å². The van der Waals surface area contributed by atoms with E-state index in [1.807, 2.05) is 42.3 Å². The van der Waals surface area contributed by atoms with E-state index >= 15 is 0 Å². The summed E-state index contributed by atoms with van der Waals surface area (Å²) in [5, 5.41) is 0.574. The van der Waals surface area contributed by atoms with E-state index in [-0.39, 0.29) is 5.82 Å². The van der Waals surface area contributed by atoms with Gasteiger partial charge in [0.2, 0.25) is 0 Å². The lowest BCUT2D eigenvalue weighted by Crippen LogP contribution is -2.14. The molecule has 2 aromatic carbocycles. The zero-order valence-electron chi connectivity index (χ0n) is 12.9. The van der Waals surface area contributed by atoms with Crippen LogP contribution in [0.25, 0.3) is 0 Å². The zero-order chi connectivity index (χ0) is 16.7. The Morgan fingerprint density at radius 1 is 1.00 bits per heavy atom. The van der Waals surface area contributed by atoms with E-state index in [1.54, 1.807) is 24.4 Å². The number of pyridine rings is 1. The molecule has 118 valence electrons. The quantitative estimate of drug-likeness (QED) is 0.616. The lowest BCUT2D eigenvalue weighted by Gasteiger charge is -2.20. The zero-order valence-corrected chi connectivity index (χ0v) is 13.6. The summed E-state index contributed by atoms with van der Waals surface area (Å²) in [6.07, 6.45) is 1.72. The Kier molecular flexibility index (Phi) is 3.54. The minimum Gasteiger partial charge on any atom is -0.327 e. The number of aromatic nitrogens is 1. The van der Waals surface area contributed by atoms with Crippen molar-refractivity contribution in [1.29, 1.82) is 0 Å². The van der Waals surface area contributed by atoms with Crippen LogP contribution in [0.3, 0.4) is 0 Å². The van der Waals surface area contributed by atoms with E-state index in [9.17, 15) is 4.39 Å². The number of halogens is 2. The van der Waals surface area contributed by atoms with Crippen molar-refractivity contribution in [2.24, 2.45) is 4.99 Å². The number of hydrogen-bond acceptors (Lipinski definition) is 3. The Hall–Kier alpha value is -2.72. The molecule has 0 radical (unpaired) electrons. The SMILES string of the molecule is CN1c2ccc(Cl)cc2C(c2ccccc2F)=Nc2cccnc21. The molecular weight excluding hydrogens is 325 g/mol.